The Hall–Kier alpha value is -2.64. The summed E-state index contributed by atoms with van der Waals surface area (Å²) in [7, 11) is 0. The van der Waals surface area contributed by atoms with Gasteiger partial charge in [-0.25, -0.2) is 14.5 Å². The largest absolute Gasteiger partial charge is 0.478 e. The third-order valence-corrected chi connectivity index (χ3v) is 2.21. The van der Waals surface area contributed by atoms with Crippen molar-refractivity contribution in [1.82, 2.24) is 19.7 Å². The molecule has 0 fully saturated rings. The van der Waals surface area contributed by atoms with Crippen LogP contribution in [0.1, 0.15) is 16.1 Å². The van der Waals surface area contributed by atoms with Gasteiger partial charge in [-0.3, -0.25) is 4.79 Å². The molecule has 2 aromatic heterocycles. The molecule has 0 radical (unpaired) electrons. The maximum absolute atomic E-state index is 11.3. The third-order valence-electron chi connectivity index (χ3n) is 2.21. The summed E-state index contributed by atoms with van der Waals surface area (Å²) < 4.78 is 1.17. The van der Waals surface area contributed by atoms with Crippen LogP contribution in [0.2, 0.25) is 0 Å². The lowest BCUT2D eigenvalue weighted by Crippen LogP contribution is -2.16. The number of rotatable bonds is 2. The summed E-state index contributed by atoms with van der Waals surface area (Å²) in [6.07, 6.45) is 2.43. The topological polar surface area (TPSA) is 127 Å². The fourth-order valence-electron chi connectivity index (χ4n) is 1.36. The van der Waals surface area contributed by atoms with Crippen LogP contribution in [-0.4, -0.2) is 30.8 Å². The van der Waals surface area contributed by atoms with Gasteiger partial charge in [-0.2, -0.15) is 5.10 Å². The Labute approximate surface area is 94.7 Å². The monoisotopic (exact) mass is 235 g/mol. The van der Waals surface area contributed by atoms with Gasteiger partial charge in [0.05, 0.1) is 12.0 Å². The molecule has 4 N–H and O–H groups in total. The van der Waals surface area contributed by atoms with Gasteiger partial charge >= 0.3 is 5.97 Å². The summed E-state index contributed by atoms with van der Waals surface area (Å²) >= 11 is 0. The third kappa shape index (κ3) is 1.75. The van der Waals surface area contributed by atoms with Crippen molar-refractivity contribution >= 4 is 11.7 Å². The van der Waals surface area contributed by atoms with Gasteiger partial charge in [0.1, 0.15) is 11.3 Å². The Morgan fingerprint density at radius 2 is 2.29 bits per heavy atom. The van der Waals surface area contributed by atoms with Crippen molar-refractivity contribution in [3.05, 3.63) is 34.1 Å². The van der Waals surface area contributed by atoms with Gasteiger partial charge in [0.25, 0.3) is 5.56 Å². The van der Waals surface area contributed by atoms with E-state index in [2.05, 4.69) is 15.1 Å². The van der Waals surface area contributed by atoms with Gasteiger partial charge in [-0.1, -0.05) is 0 Å². The van der Waals surface area contributed by atoms with Crippen molar-refractivity contribution in [1.29, 1.82) is 0 Å². The van der Waals surface area contributed by atoms with Crippen molar-refractivity contribution < 1.29 is 9.90 Å². The van der Waals surface area contributed by atoms with E-state index in [0.29, 0.717) is 5.69 Å². The number of carboxylic acids is 1. The molecule has 8 heteroatoms. The van der Waals surface area contributed by atoms with E-state index in [0.717, 1.165) is 0 Å². The summed E-state index contributed by atoms with van der Waals surface area (Å²) in [5.41, 5.74) is 5.27. The van der Waals surface area contributed by atoms with E-state index in [-0.39, 0.29) is 17.1 Å². The quantitative estimate of drug-likeness (QED) is 0.646. The van der Waals surface area contributed by atoms with Crippen LogP contribution in [0.15, 0.2) is 17.3 Å². The minimum atomic E-state index is -1.10. The molecule has 0 aliphatic carbocycles. The van der Waals surface area contributed by atoms with E-state index in [1.807, 2.05) is 0 Å². The van der Waals surface area contributed by atoms with Gasteiger partial charge < -0.3 is 15.8 Å². The van der Waals surface area contributed by atoms with E-state index in [9.17, 15) is 9.59 Å². The number of nitrogens with two attached hydrogens (primary N) is 1. The molecule has 0 saturated heterocycles. The minimum absolute atomic E-state index is 0.0338. The van der Waals surface area contributed by atoms with Gasteiger partial charge in [0.2, 0.25) is 0 Å². The number of hydrogen-bond donors (Lipinski definition) is 3. The lowest BCUT2D eigenvalue weighted by atomic mass is 10.3. The van der Waals surface area contributed by atoms with Crippen LogP contribution in [0.3, 0.4) is 0 Å². The number of aromatic amines is 1. The Morgan fingerprint density at radius 3 is 2.88 bits per heavy atom. The average Bonchev–Trinajstić information content (AvgIpc) is 2.64. The highest BCUT2D eigenvalue weighted by atomic mass is 16.4. The fourth-order valence-corrected chi connectivity index (χ4v) is 1.36. The highest BCUT2D eigenvalue weighted by Gasteiger charge is 2.15. The van der Waals surface area contributed by atoms with Crippen LogP contribution < -0.4 is 11.3 Å². The SMILES string of the molecule is Cc1nn(-c2nc[nH]c(=O)c2N)cc1C(=O)O. The van der Waals surface area contributed by atoms with Crippen molar-refractivity contribution in [3.63, 3.8) is 0 Å². The maximum Gasteiger partial charge on any atom is 0.339 e. The van der Waals surface area contributed by atoms with E-state index in [1.54, 1.807) is 6.92 Å². The smallest absolute Gasteiger partial charge is 0.339 e. The zero-order chi connectivity index (χ0) is 12.6. The first-order chi connectivity index (χ1) is 8.00. The molecule has 0 spiro atoms. The van der Waals surface area contributed by atoms with Crippen LogP contribution in [-0.2, 0) is 0 Å². The number of aromatic nitrogens is 4. The van der Waals surface area contributed by atoms with Crippen LogP contribution in [0, 0.1) is 6.92 Å². The molecule has 0 unspecified atom stereocenters. The predicted molar refractivity (Wildman–Crippen MR) is 58.1 cm³/mol. The second-order valence-electron chi connectivity index (χ2n) is 3.35. The molecule has 0 aliphatic heterocycles. The predicted octanol–water partition coefficient (Wildman–Crippen LogP) is -0.456. The molecule has 2 aromatic rings. The van der Waals surface area contributed by atoms with Crippen LogP contribution >= 0.6 is 0 Å². The highest BCUT2D eigenvalue weighted by Crippen LogP contribution is 2.12. The standard InChI is InChI=1S/C9H9N5O3/c1-4-5(9(16)17)2-14(13-4)7-6(10)8(15)12-3-11-7/h2-3H,10H2,1H3,(H,16,17)(H,11,12,15). The Kier molecular flexibility index (Phi) is 2.39. The molecular formula is C9H9N5O3. The molecule has 0 saturated carbocycles. The molecule has 0 aliphatic rings. The summed E-state index contributed by atoms with van der Waals surface area (Å²) in [6, 6.07) is 0. The van der Waals surface area contributed by atoms with Crippen LogP contribution in [0.25, 0.3) is 5.82 Å². The number of nitrogens with zero attached hydrogens (tertiary/aromatic N) is 3. The Balaban J connectivity index is 2.62. The van der Waals surface area contributed by atoms with Crippen molar-refractivity contribution in [2.75, 3.05) is 5.73 Å². The van der Waals surface area contributed by atoms with E-state index in [4.69, 9.17) is 10.8 Å². The van der Waals surface area contributed by atoms with E-state index >= 15 is 0 Å². The zero-order valence-electron chi connectivity index (χ0n) is 8.84. The first-order valence-corrected chi connectivity index (χ1v) is 4.64. The lowest BCUT2D eigenvalue weighted by Gasteiger charge is -2.01. The van der Waals surface area contributed by atoms with E-state index in [1.165, 1.54) is 17.2 Å². The number of nitrogens with one attached hydrogen (secondary N) is 1. The summed E-state index contributed by atoms with van der Waals surface area (Å²) in [5.74, 6) is -0.999. The van der Waals surface area contributed by atoms with E-state index < -0.39 is 11.5 Å². The number of hydrogen-bond acceptors (Lipinski definition) is 5. The molecule has 0 amide bonds. The number of nitrogen functional groups attached to an aromatic ring is 1. The van der Waals surface area contributed by atoms with Gasteiger partial charge in [-0.05, 0) is 6.92 Å². The normalized spacial score (nSPS) is 10.4. The van der Waals surface area contributed by atoms with Crippen molar-refractivity contribution in [2.45, 2.75) is 6.92 Å². The Bertz CT molecular complexity index is 642. The van der Waals surface area contributed by atoms with Gasteiger partial charge in [0, 0.05) is 6.20 Å². The summed E-state index contributed by atoms with van der Waals surface area (Å²) in [5, 5.41) is 12.8. The summed E-state index contributed by atoms with van der Waals surface area (Å²) in [4.78, 5) is 28.3. The molecule has 17 heavy (non-hydrogen) atoms. The molecular weight excluding hydrogens is 226 g/mol. The molecule has 0 atom stereocenters. The van der Waals surface area contributed by atoms with Crippen LogP contribution in [0.5, 0.6) is 0 Å². The number of carbonyl (C=O) groups is 1. The number of aromatic carboxylic acids is 1. The van der Waals surface area contributed by atoms with Gasteiger partial charge in [-0.15, -0.1) is 0 Å². The van der Waals surface area contributed by atoms with Gasteiger partial charge in [0.15, 0.2) is 5.82 Å². The molecule has 88 valence electrons. The minimum Gasteiger partial charge on any atom is -0.478 e. The number of aryl methyl sites for hydroxylation is 1. The number of H-pyrrole nitrogens is 1. The zero-order valence-corrected chi connectivity index (χ0v) is 8.84. The highest BCUT2D eigenvalue weighted by molar-refractivity contribution is 5.88. The maximum atomic E-state index is 11.3. The van der Waals surface area contributed by atoms with Crippen molar-refractivity contribution in [3.8, 4) is 5.82 Å². The number of anilines is 1. The van der Waals surface area contributed by atoms with Crippen molar-refractivity contribution in [2.24, 2.45) is 0 Å². The lowest BCUT2D eigenvalue weighted by molar-refractivity contribution is 0.0696. The Morgan fingerprint density at radius 1 is 1.59 bits per heavy atom. The molecule has 2 heterocycles. The molecule has 2 rings (SSSR count). The average molecular weight is 235 g/mol. The van der Waals surface area contributed by atoms with Crippen LogP contribution in [0.4, 0.5) is 5.69 Å². The number of carboxylic acid groups (broad SMARTS) is 1. The second-order valence-corrected chi connectivity index (χ2v) is 3.35. The first kappa shape index (κ1) is 10.9. The summed E-state index contributed by atoms with van der Waals surface area (Å²) in [6.45, 7) is 1.54. The first-order valence-electron chi connectivity index (χ1n) is 4.64. The fraction of sp³-hybridized carbons (Fsp3) is 0.111. The molecule has 8 nitrogen and oxygen atoms in total. The molecule has 0 aromatic carbocycles. The second kappa shape index (κ2) is 3.74. The molecule has 0 bridgehead atoms.